The van der Waals surface area contributed by atoms with Crippen molar-refractivity contribution in [3.63, 3.8) is 0 Å². The van der Waals surface area contributed by atoms with E-state index in [0.29, 0.717) is 11.3 Å². The van der Waals surface area contributed by atoms with Crippen LogP contribution in [0.2, 0.25) is 0 Å². The number of nitrogens with zero attached hydrogens (tertiary/aromatic N) is 1. The van der Waals surface area contributed by atoms with Crippen molar-refractivity contribution in [3.05, 3.63) is 68.6 Å². The van der Waals surface area contributed by atoms with Crippen LogP contribution in [0, 0.1) is 24.2 Å². The van der Waals surface area contributed by atoms with Gasteiger partial charge in [0.15, 0.2) is 0 Å². The van der Waals surface area contributed by atoms with E-state index in [1.807, 2.05) is 36.4 Å². The third-order valence-electron chi connectivity index (χ3n) is 5.12. The van der Waals surface area contributed by atoms with Crippen molar-refractivity contribution >= 4 is 5.78 Å². The third-order valence-corrected chi connectivity index (χ3v) is 5.12. The summed E-state index contributed by atoms with van der Waals surface area (Å²) in [7, 11) is 0. The van der Waals surface area contributed by atoms with E-state index in [1.54, 1.807) is 13.8 Å². The highest BCUT2D eigenvalue weighted by Crippen LogP contribution is 2.47. The summed E-state index contributed by atoms with van der Waals surface area (Å²) in [5, 5.41) is 20.5. The Kier molecular flexibility index (Phi) is 4.09. The molecule has 3 atom stereocenters. The van der Waals surface area contributed by atoms with Gasteiger partial charge in [-0.05, 0) is 37.5 Å². The summed E-state index contributed by atoms with van der Waals surface area (Å²) >= 11 is 0. The molecule has 2 N–H and O–H groups in total. The Morgan fingerprint density at radius 1 is 1.36 bits per heavy atom. The van der Waals surface area contributed by atoms with Gasteiger partial charge >= 0.3 is 0 Å². The monoisotopic (exact) mass is 336 g/mol. The van der Waals surface area contributed by atoms with Gasteiger partial charge in [-0.25, -0.2) is 0 Å². The van der Waals surface area contributed by atoms with Gasteiger partial charge in [0.1, 0.15) is 17.4 Å². The van der Waals surface area contributed by atoms with Crippen LogP contribution in [0.25, 0.3) is 0 Å². The highest BCUT2D eigenvalue weighted by atomic mass is 16.3. The van der Waals surface area contributed by atoms with E-state index in [0.717, 1.165) is 11.1 Å². The van der Waals surface area contributed by atoms with Crippen LogP contribution in [0.1, 0.15) is 47.7 Å². The van der Waals surface area contributed by atoms with Crippen molar-refractivity contribution in [2.75, 3.05) is 0 Å². The van der Waals surface area contributed by atoms with Crippen molar-refractivity contribution in [1.29, 1.82) is 5.26 Å². The standard InChI is InChI=1S/C20H20N2O3/c1-11-16-14(15(10-21)19(24)22-11)9-20(3,25)18(12(2)23)17(16)13-7-5-4-6-8-13/h4-8,17-18,25H,9H2,1-3H3,(H,22,24). The minimum atomic E-state index is -1.34. The first kappa shape index (κ1) is 17.1. The molecular weight excluding hydrogens is 316 g/mol. The van der Waals surface area contributed by atoms with Gasteiger partial charge < -0.3 is 10.1 Å². The number of carbonyl (C=O) groups is 1. The summed E-state index contributed by atoms with van der Waals surface area (Å²) in [5.41, 5.74) is 1.05. The van der Waals surface area contributed by atoms with E-state index in [4.69, 9.17) is 0 Å². The van der Waals surface area contributed by atoms with Crippen LogP contribution in [0.5, 0.6) is 0 Å². The van der Waals surface area contributed by atoms with Crippen molar-refractivity contribution < 1.29 is 9.90 Å². The molecular formula is C20H20N2O3. The number of benzene rings is 1. The van der Waals surface area contributed by atoms with Crippen LogP contribution < -0.4 is 5.56 Å². The van der Waals surface area contributed by atoms with E-state index in [-0.39, 0.29) is 17.8 Å². The fourth-order valence-electron chi connectivity index (χ4n) is 4.21. The van der Waals surface area contributed by atoms with Gasteiger partial charge in [0.05, 0.1) is 11.5 Å². The largest absolute Gasteiger partial charge is 0.389 e. The average Bonchev–Trinajstić information content (AvgIpc) is 2.53. The molecule has 0 fully saturated rings. The number of aliphatic hydroxyl groups is 1. The third kappa shape index (κ3) is 2.69. The zero-order valence-corrected chi connectivity index (χ0v) is 14.5. The Hall–Kier alpha value is -2.71. The first-order valence-corrected chi connectivity index (χ1v) is 8.21. The molecule has 0 saturated heterocycles. The molecule has 1 heterocycles. The van der Waals surface area contributed by atoms with Crippen LogP contribution >= 0.6 is 0 Å². The topological polar surface area (TPSA) is 94.0 Å². The number of nitrogens with one attached hydrogen (secondary N) is 1. The molecule has 0 aliphatic heterocycles. The molecule has 25 heavy (non-hydrogen) atoms. The molecule has 5 nitrogen and oxygen atoms in total. The van der Waals surface area contributed by atoms with E-state index >= 15 is 0 Å². The molecule has 1 aromatic carbocycles. The molecule has 5 heteroatoms. The fraction of sp³-hybridized carbons (Fsp3) is 0.350. The number of aryl methyl sites for hydroxylation is 1. The fourth-order valence-corrected chi connectivity index (χ4v) is 4.21. The SMILES string of the molecule is CC(=O)C1C(c2ccccc2)c2c(C)[nH]c(=O)c(C#N)c2CC1(C)O. The number of Topliss-reactive ketones (excluding diaryl/α,β-unsaturated/α-hetero) is 1. The Labute approximate surface area is 145 Å². The number of nitriles is 1. The smallest absolute Gasteiger partial charge is 0.266 e. The number of fused-ring (bicyclic) bond motifs is 1. The molecule has 1 aliphatic carbocycles. The predicted molar refractivity (Wildman–Crippen MR) is 93.3 cm³/mol. The summed E-state index contributed by atoms with van der Waals surface area (Å²) in [6, 6.07) is 11.4. The zero-order chi connectivity index (χ0) is 18.4. The molecule has 0 bridgehead atoms. The van der Waals surface area contributed by atoms with Crippen LogP contribution in [0.3, 0.4) is 0 Å². The Morgan fingerprint density at radius 3 is 2.56 bits per heavy atom. The normalized spacial score (nSPS) is 25.1. The second-order valence-electron chi connectivity index (χ2n) is 6.97. The van der Waals surface area contributed by atoms with Gasteiger partial charge in [0, 0.05) is 18.0 Å². The van der Waals surface area contributed by atoms with Gasteiger partial charge in [-0.15, -0.1) is 0 Å². The lowest BCUT2D eigenvalue weighted by Gasteiger charge is -2.43. The maximum Gasteiger partial charge on any atom is 0.266 e. The number of pyridine rings is 1. The Balaban J connectivity index is 2.41. The summed E-state index contributed by atoms with van der Waals surface area (Å²) in [5.74, 6) is -1.19. The number of hydrogen-bond donors (Lipinski definition) is 2. The second kappa shape index (κ2) is 5.98. The maximum atomic E-state index is 12.4. The van der Waals surface area contributed by atoms with Gasteiger partial charge in [-0.2, -0.15) is 5.26 Å². The van der Waals surface area contributed by atoms with Crippen LogP contribution in [-0.2, 0) is 11.2 Å². The summed E-state index contributed by atoms with van der Waals surface area (Å²) in [4.78, 5) is 27.4. The van der Waals surface area contributed by atoms with E-state index in [1.165, 1.54) is 6.92 Å². The number of aromatic nitrogens is 1. The lowest BCUT2D eigenvalue weighted by atomic mass is 9.62. The molecule has 0 saturated carbocycles. The van der Waals surface area contributed by atoms with E-state index in [2.05, 4.69) is 4.98 Å². The molecule has 128 valence electrons. The van der Waals surface area contributed by atoms with Gasteiger partial charge in [-0.3, -0.25) is 9.59 Å². The first-order valence-electron chi connectivity index (χ1n) is 8.21. The highest BCUT2D eigenvalue weighted by Gasteiger charge is 2.48. The predicted octanol–water partition coefficient (Wildman–Crippen LogP) is 2.20. The number of hydrogen-bond acceptors (Lipinski definition) is 4. The minimum Gasteiger partial charge on any atom is -0.389 e. The molecule has 1 aromatic heterocycles. The van der Waals surface area contributed by atoms with Gasteiger partial charge in [0.25, 0.3) is 5.56 Å². The van der Waals surface area contributed by atoms with E-state index < -0.39 is 23.0 Å². The van der Waals surface area contributed by atoms with E-state index in [9.17, 15) is 20.0 Å². The van der Waals surface area contributed by atoms with Crippen molar-refractivity contribution in [2.24, 2.45) is 5.92 Å². The molecule has 0 amide bonds. The summed E-state index contributed by atoms with van der Waals surface area (Å²) in [6.45, 7) is 4.86. The summed E-state index contributed by atoms with van der Waals surface area (Å²) in [6.07, 6.45) is 0.101. The number of carbonyl (C=O) groups excluding carboxylic acids is 1. The Bertz CT molecular complexity index is 936. The van der Waals surface area contributed by atoms with Crippen LogP contribution in [-0.4, -0.2) is 21.5 Å². The van der Waals surface area contributed by atoms with Gasteiger partial charge in [-0.1, -0.05) is 30.3 Å². The van der Waals surface area contributed by atoms with Crippen molar-refractivity contribution in [1.82, 2.24) is 4.98 Å². The minimum absolute atomic E-state index is 0.0174. The number of H-pyrrole nitrogens is 1. The second-order valence-corrected chi connectivity index (χ2v) is 6.97. The molecule has 2 aromatic rings. The average molecular weight is 336 g/mol. The Morgan fingerprint density at radius 2 is 2.00 bits per heavy atom. The molecule has 3 unspecified atom stereocenters. The van der Waals surface area contributed by atoms with Crippen LogP contribution in [0.15, 0.2) is 35.1 Å². The molecule has 0 radical (unpaired) electrons. The first-order chi connectivity index (χ1) is 11.8. The number of rotatable bonds is 2. The number of ketones is 1. The lowest BCUT2D eigenvalue weighted by molar-refractivity contribution is -0.130. The number of aromatic amines is 1. The highest BCUT2D eigenvalue weighted by molar-refractivity contribution is 5.82. The zero-order valence-electron chi connectivity index (χ0n) is 14.5. The molecule has 3 rings (SSSR count). The van der Waals surface area contributed by atoms with Gasteiger partial charge in [0.2, 0.25) is 0 Å². The quantitative estimate of drug-likeness (QED) is 0.879. The molecule has 0 spiro atoms. The van der Waals surface area contributed by atoms with Crippen molar-refractivity contribution in [3.8, 4) is 6.07 Å². The molecule has 1 aliphatic rings. The maximum absolute atomic E-state index is 12.4. The lowest BCUT2D eigenvalue weighted by Crippen LogP contribution is -2.49. The van der Waals surface area contributed by atoms with Crippen LogP contribution in [0.4, 0.5) is 0 Å². The van der Waals surface area contributed by atoms with Crippen molar-refractivity contribution in [2.45, 2.75) is 38.7 Å². The summed E-state index contributed by atoms with van der Waals surface area (Å²) < 4.78 is 0.